The average Bonchev–Trinajstić information content (AvgIpc) is 2.45. The second kappa shape index (κ2) is 8.98. The Balaban J connectivity index is 3.08. The van der Waals surface area contributed by atoms with E-state index in [1.165, 1.54) is 5.69 Å². The highest BCUT2D eigenvalue weighted by molar-refractivity contribution is 5.50. The van der Waals surface area contributed by atoms with Crippen molar-refractivity contribution in [3.05, 3.63) is 17.7 Å². The van der Waals surface area contributed by atoms with Crippen LogP contribution < -0.4 is 10.2 Å². The molecule has 0 spiro atoms. The van der Waals surface area contributed by atoms with Crippen LogP contribution in [0.3, 0.4) is 0 Å². The second-order valence-electron chi connectivity index (χ2n) is 6.18. The highest BCUT2D eigenvalue weighted by Gasteiger charge is 2.17. The van der Waals surface area contributed by atoms with Crippen molar-refractivity contribution in [2.24, 2.45) is 0 Å². The topological polar surface area (TPSA) is 41.1 Å². The molecule has 0 saturated carbocycles. The van der Waals surface area contributed by atoms with E-state index >= 15 is 0 Å². The third-order valence-electron chi connectivity index (χ3n) is 3.50. The molecular formula is C17H32N4. The van der Waals surface area contributed by atoms with Crippen molar-refractivity contribution in [2.75, 3.05) is 18.0 Å². The van der Waals surface area contributed by atoms with Crippen molar-refractivity contribution < 1.29 is 0 Å². The van der Waals surface area contributed by atoms with E-state index in [-0.39, 0.29) is 0 Å². The monoisotopic (exact) mass is 292 g/mol. The van der Waals surface area contributed by atoms with E-state index in [1.807, 2.05) is 6.20 Å². The van der Waals surface area contributed by atoms with Gasteiger partial charge in [-0.3, -0.25) is 0 Å². The molecule has 1 heterocycles. The summed E-state index contributed by atoms with van der Waals surface area (Å²) in [7, 11) is 0. The molecule has 1 rings (SSSR count). The van der Waals surface area contributed by atoms with Crippen LogP contribution in [0.5, 0.6) is 0 Å². The first-order valence-corrected chi connectivity index (χ1v) is 8.34. The van der Waals surface area contributed by atoms with Gasteiger partial charge >= 0.3 is 0 Å². The first kappa shape index (κ1) is 17.9. The second-order valence-corrected chi connectivity index (χ2v) is 6.18. The Hall–Kier alpha value is -1.16. The molecule has 4 nitrogen and oxygen atoms in total. The van der Waals surface area contributed by atoms with Crippen molar-refractivity contribution in [2.45, 2.75) is 72.9 Å². The Kier molecular flexibility index (Phi) is 7.65. The normalized spacial score (nSPS) is 11.4. The molecule has 0 bridgehead atoms. The molecule has 0 amide bonds. The predicted molar refractivity (Wildman–Crippen MR) is 90.9 cm³/mol. The van der Waals surface area contributed by atoms with Crippen molar-refractivity contribution in [1.82, 2.24) is 15.3 Å². The molecule has 0 aliphatic rings. The summed E-state index contributed by atoms with van der Waals surface area (Å²) < 4.78 is 0. The van der Waals surface area contributed by atoms with Crippen LogP contribution in [0.1, 0.15) is 71.8 Å². The minimum atomic E-state index is 0.364. The molecule has 4 heteroatoms. The van der Waals surface area contributed by atoms with E-state index in [0.29, 0.717) is 12.0 Å². The number of anilines is 1. The zero-order chi connectivity index (χ0) is 15.8. The molecule has 0 fully saturated rings. The number of rotatable bonds is 9. The van der Waals surface area contributed by atoms with E-state index in [0.717, 1.165) is 44.0 Å². The molecule has 0 radical (unpaired) electrons. The van der Waals surface area contributed by atoms with Gasteiger partial charge in [-0.25, -0.2) is 9.97 Å². The Morgan fingerprint density at radius 2 is 1.86 bits per heavy atom. The van der Waals surface area contributed by atoms with Crippen molar-refractivity contribution in [1.29, 1.82) is 0 Å². The minimum Gasteiger partial charge on any atom is -0.366 e. The van der Waals surface area contributed by atoms with Gasteiger partial charge in [0.1, 0.15) is 5.82 Å². The predicted octanol–water partition coefficient (Wildman–Crippen LogP) is 3.72. The fourth-order valence-corrected chi connectivity index (χ4v) is 2.36. The van der Waals surface area contributed by atoms with Crippen LogP contribution in [0.2, 0.25) is 0 Å². The van der Waals surface area contributed by atoms with Crippen LogP contribution in [0.25, 0.3) is 0 Å². The molecule has 0 atom stereocenters. The van der Waals surface area contributed by atoms with Crippen LogP contribution in [0, 0.1) is 0 Å². The number of nitrogens with zero attached hydrogens (tertiary/aromatic N) is 3. The van der Waals surface area contributed by atoms with E-state index in [1.54, 1.807) is 0 Å². The van der Waals surface area contributed by atoms with Gasteiger partial charge in [-0.1, -0.05) is 27.7 Å². The third kappa shape index (κ3) is 5.27. The fraction of sp³-hybridized carbons (Fsp3) is 0.765. The molecule has 1 aromatic rings. The number of hydrogen-bond acceptors (Lipinski definition) is 4. The maximum Gasteiger partial charge on any atom is 0.131 e. The molecule has 0 aromatic carbocycles. The van der Waals surface area contributed by atoms with Gasteiger partial charge in [0.15, 0.2) is 0 Å². The van der Waals surface area contributed by atoms with Gasteiger partial charge in [-0.15, -0.1) is 0 Å². The Morgan fingerprint density at radius 1 is 1.14 bits per heavy atom. The summed E-state index contributed by atoms with van der Waals surface area (Å²) in [5, 5.41) is 3.48. The third-order valence-corrected chi connectivity index (χ3v) is 3.50. The zero-order valence-corrected chi connectivity index (χ0v) is 14.6. The van der Waals surface area contributed by atoms with E-state index in [4.69, 9.17) is 4.98 Å². The summed E-state index contributed by atoms with van der Waals surface area (Å²) in [4.78, 5) is 11.8. The highest BCUT2D eigenvalue weighted by Crippen LogP contribution is 2.22. The fourth-order valence-electron chi connectivity index (χ4n) is 2.36. The maximum atomic E-state index is 4.81. The quantitative estimate of drug-likeness (QED) is 0.704. The Bertz CT molecular complexity index is 415. The lowest BCUT2D eigenvalue weighted by Crippen LogP contribution is -2.33. The van der Waals surface area contributed by atoms with E-state index < -0.39 is 0 Å². The molecule has 0 aliphatic carbocycles. The number of nitrogens with one attached hydrogen (secondary N) is 1. The van der Waals surface area contributed by atoms with Gasteiger partial charge in [0.2, 0.25) is 0 Å². The molecule has 0 aliphatic heterocycles. The summed E-state index contributed by atoms with van der Waals surface area (Å²) in [5.41, 5.74) is 2.31. The number of hydrogen-bond donors (Lipinski definition) is 1. The van der Waals surface area contributed by atoms with Gasteiger partial charge in [-0.05, 0) is 33.2 Å². The molecule has 0 unspecified atom stereocenters. The SMILES string of the molecule is CCCNCc1nc(C(C)C)ncc1N(CCC)C(C)C. The smallest absolute Gasteiger partial charge is 0.131 e. The Morgan fingerprint density at radius 3 is 2.38 bits per heavy atom. The van der Waals surface area contributed by atoms with Crippen molar-refractivity contribution >= 4 is 5.69 Å². The summed E-state index contributed by atoms with van der Waals surface area (Å²) in [5.74, 6) is 1.30. The van der Waals surface area contributed by atoms with E-state index in [2.05, 4.69) is 56.7 Å². The van der Waals surface area contributed by atoms with Gasteiger partial charge in [0.25, 0.3) is 0 Å². The molecular weight excluding hydrogens is 260 g/mol. The van der Waals surface area contributed by atoms with Crippen LogP contribution in [-0.4, -0.2) is 29.1 Å². The molecule has 21 heavy (non-hydrogen) atoms. The number of aromatic nitrogens is 2. The summed E-state index contributed by atoms with van der Waals surface area (Å²) in [6, 6.07) is 0.461. The average molecular weight is 292 g/mol. The van der Waals surface area contributed by atoms with Gasteiger partial charge < -0.3 is 10.2 Å². The Labute approximate surface area is 130 Å². The zero-order valence-electron chi connectivity index (χ0n) is 14.6. The molecule has 1 N–H and O–H groups in total. The first-order valence-electron chi connectivity index (χ1n) is 8.34. The first-order chi connectivity index (χ1) is 10.0. The maximum absolute atomic E-state index is 4.81. The highest BCUT2D eigenvalue weighted by atomic mass is 15.2. The van der Waals surface area contributed by atoms with Crippen molar-refractivity contribution in [3.63, 3.8) is 0 Å². The summed E-state index contributed by atoms with van der Waals surface area (Å²) in [6.45, 7) is 16.0. The lowest BCUT2D eigenvalue weighted by Gasteiger charge is -2.30. The lowest BCUT2D eigenvalue weighted by atomic mass is 10.1. The van der Waals surface area contributed by atoms with Crippen LogP contribution in [0.4, 0.5) is 5.69 Å². The van der Waals surface area contributed by atoms with Gasteiger partial charge in [-0.2, -0.15) is 0 Å². The van der Waals surface area contributed by atoms with Crippen LogP contribution >= 0.6 is 0 Å². The summed E-state index contributed by atoms with van der Waals surface area (Å²) >= 11 is 0. The molecule has 1 aromatic heterocycles. The van der Waals surface area contributed by atoms with Gasteiger partial charge in [0, 0.05) is 25.0 Å². The van der Waals surface area contributed by atoms with E-state index in [9.17, 15) is 0 Å². The lowest BCUT2D eigenvalue weighted by molar-refractivity contribution is 0.628. The minimum absolute atomic E-state index is 0.364. The van der Waals surface area contributed by atoms with Crippen LogP contribution in [-0.2, 0) is 6.54 Å². The van der Waals surface area contributed by atoms with Gasteiger partial charge in [0.05, 0.1) is 17.6 Å². The van der Waals surface area contributed by atoms with Crippen molar-refractivity contribution in [3.8, 4) is 0 Å². The molecule has 120 valence electrons. The standard InChI is InChI=1S/C17H32N4/c1-7-9-18-11-15-16(21(10-8-2)14(5)6)12-19-17(20-15)13(3)4/h12-14,18H,7-11H2,1-6H3. The van der Waals surface area contributed by atoms with Crippen LogP contribution in [0.15, 0.2) is 6.20 Å². The molecule has 0 saturated heterocycles. The largest absolute Gasteiger partial charge is 0.366 e. The summed E-state index contributed by atoms with van der Waals surface area (Å²) in [6.07, 6.45) is 4.28.